The van der Waals surface area contributed by atoms with E-state index in [4.69, 9.17) is 11.6 Å². The summed E-state index contributed by atoms with van der Waals surface area (Å²) in [6.07, 6.45) is 0. The summed E-state index contributed by atoms with van der Waals surface area (Å²) in [7, 11) is 0. The van der Waals surface area contributed by atoms with E-state index in [0.29, 0.717) is 5.65 Å². The Balaban J connectivity index is 1.96. The number of carbonyl (C=O) groups is 1. The lowest BCUT2D eigenvalue weighted by Crippen LogP contribution is -2.15. The molecule has 22 heavy (non-hydrogen) atoms. The second-order valence-corrected chi connectivity index (χ2v) is 5.32. The molecule has 1 N–H and O–H groups in total. The van der Waals surface area contributed by atoms with E-state index >= 15 is 0 Å². The third-order valence-corrected chi connectivity index (χ3v) is 3.47. The van der Waals surface area contributed by atoms with Gasteiger partial charge in [-0.15, -0.1) is 0 Å². The Morgan fingerprint density at radius 2 is 2.05 bits per heavy atom. The van der Waals surface area contributed by atoms with Crippen LogP contribution in [-0.2, 0) is 0 Å². The molecular weight excluding hydrogens is 307 g/mol. The molecule has 112 valence electrons. The Morgan fingerprint density at radius 1 is 1.27 bits per heavy atom. The number of anilines is 1. The van der Waals surface area contributed by atoms with Gasteiger partial charge in [-0.25, -0.2) is 13.9 Å². The number of aromatic nitrogens is 3. The highest BCUT2D eigenvalue weighted by Gasteiger charge is 2.13. The zero-order chi connectivity index (χ0) is 15.9. The van der Waals surface area contributed by atoms with Gasteiger partial charge in [-0.3, -0.25) is 4.79 Å². The number of nitrogens with one attached hydrogen (secondary N) is 1. The zero-order valence-corrected chi connectivity index (χ0v) is 12.6. The molecule has 2 aromatic heterocycles. The first-order valence-electron chi connectivity index (χ1n) is 6.54. The molecule has 0 fully saturated rings. The van der Waals surface area contributed by atoms with Crippen LogP contribution in [0.15, 0.2) is 30.3 Å². The molecule has 3 rings (SSSR count). The number of nitrogens with zero attached hydrogens (tertiary/aromatic N) is 3. The second kappa shape index (κ2) is 5.38. The molecule has 0 aliphatic rings. The number of aryl methyl sites for hydroxylation is 2. The van der Waals surface area contributed by atoms with Crippen molar-refractivity contribution < 1.29 is 9.18 Å². The summed E-state index contributed by atoms with van der Waals surface area (Å²) in [5.41, 5.74) is 2.57. The summed E-state index contributed by atoms with van der Waals surface area (Å²) >= 11 is 5.94. The van der Waals surface area contributed by atoms with Crippen molar-refractivity contribution in [3.63, 3.8) is 0 Å². The highest BCUT2D eigenvalue weighted by atomic mass is 35.5. The maximum Gasteiger partial charge on any atom is 0.274 e. The standard InChI is InChI=1S/C15H12ClFN4O/c1-8-5-14-18-13(6-9(2)21(14)20-8)15(22)19-12-7-10(17)3-4-11(12)16/h3-7H,1-2H3,(H,19,22). The van der Waals surface area contributed by atoms with E-state index in [0.717, 1.165) is 17.5 Å². The fraction of sp³-hybridized carbons (Fsp3) is 0.133. The molecule has 0 saturated carbocycles. The van der Waals surface area contributed by atoms with E-state index in [1.807, 2.05) is 13.8 Å². The van der Waals surface area contributed by atoms with Gasteiger partial charge in [-0.2, -0.15) is 5.10 Å². The summed E-state index contributed by atoms with van der Waals surface area (Å²) < 4.78 is 14.9. The van der Waals surface area contributed by atoms with Crippen LogP contribution < -0.4 is 5.32 Å². The zero-order valence-electron chi connectivity index (χ0n) is 11.9. The minimum absolute atomic E-state index is 0.204. The van der Waals surface area contributed by atoms with E-state index in [2.05, 4.69) is 15.4 Å². The van der Waals surface area contributed by atoms with Crippen LogP contribution in [0.25, 0.3) is 5.65 Å². The Kier molecular flexibility index (Phi) is 3.54. The van der Waals surface area contributed by atoms with Gasteiger partial charge in [0.25, 0.3) is 5.91 Å². The molecule has 5 nitrogen and oxygen atoms in total. The van der Waals surface area contributed by atoms with E-state index < -0.39 is 11.7 Å². The molecule has 2 heterocycles. The lowest BCUT2D eigenvalue weighted by atomic mass is 10.2. The first-order valence-corrected chi connectivity index (χ1v) is 6.92. The fourth-order valence-corrected chi connectivity index (χ4v) is 2.30. The van der Waals surface area contributed by atoms with Gasteiger partial charge in [0.05, 0.1) is 16.4 Å². The molecule has 0 saturated heterocycles. The lowest BCUT2D eigenvalue weighted by Gasteiger charge is -2.08. The predicted octanol–water partition coefficient (Wildman–Crippen LogP) is 3.39. The van der Waals surface area contributed by atoms with Crippen LogP contribution in [0.3, 0.4) is 0 Å². The first-order chi connectivity index (χ1) is 10.4. The average molecular weight is 319 g/mol. The third-order valence-electron chi connectivity index (χ3n) is 3.14. The summed E-state index contributed by atoms with van der Waals surface area (Å²) in [4.78, 5) is 16.6. The number of hydrogen-bond donors (Lipinski definition) is 1. The Bertz CT molecular complexity index is 891. The molecule has 7 heteroatoms. The van der Waals surface area contributed by atoms with Crippen molar-refractivity contribution in [2.75, 3.05) is 5.32 Å². The van der Waals surface area contributed by atoms with Crippen molar-refractivity contribution in [3.8, 4) is 0 Å². The largest absolute Gasteiger partial charge is 0.319 e. The number of hydrogen-bond acceptors (Lipinski definition) is 3. The van der Waals surface area contributed by atoms with E-state index in [1.54, 1.807) is 16.6 Å². The number of amides is 1. The normalized spacial score (nSPS) is 10.9. The van der Waals surface area contributed by atoms with Crippen molar-refractivity contribution >= 4 is 28.8 Å². The Morgan fingerprint density at radius 3 is 2.82 bits per heavy atom. The number of rotatable bonds is 2. The van der Waals surface area contributed by atoms with Crippen molar-refractivity contribution in [1.82, 2.24) is 14.6 Å². The molecule has 0 unspecified atom stereocenters. The fourth-order valence-electron chi connectivity index (χ4n) is 2.14. The maximum absolute atomic E-state index is 13.2. The summed E-state index contributed by atoms with van der Waals surface area (Å²) in [6, 6.07) is 7.16. The molecule has 0 bridgehead atoms. The molecule has 3 aromatic rings. The maximum atomic E-state index is 13.2. The van der Waals surface area contributed by atoms with Crippen molar-refractivity contribution in [1.29, 1.82) is 0 Å². The number of halogens is 2. The Hall–Kier alpha value is -2.47. The van der Waals surface area contributed by atoms with E-state index in [-0.39, 0.29) is 16.4 Å². The van der Waals surface area contributed by atoms with Gasteiger partial charge < -0.3 is 5.32 Å². The summed E-state index contributed by atoms with van der Waals surface area (Å²) in [5.74, 6) is -0.942. The number of carbonyl (C=O) groups excluding carboxylic acids is 1. The topological polar surface area (TPSA) is 59.3 Å². The van der Waals surface area contributed by atoms with Gasteiger partial charge in [0.15, 0.2) is 5.65 Å². The van der Waals surface area contributed by atoms with Gasteiger partial charge >= 0.3 is 0 Å². The predicted molar refractivity (Wildman–Crippen MR) is 81.8 cm³/mol. The minimum Gasteiger partial charge on any atom is -0.319 e. The van der Waals surface area contributed by atoms with Crippen LogP contribution in [0.5, 0.6) is 0 Å². The SMILES string of the molecule is Cc1cc2nc(C(=O)Nc3cc(F)ccc3Cl)cc(C)n2n1. The molecule has 1 aromatic carbocycles. The molecule has 0 atom stereocenters. The van der Waals surface area contributed by atoms with Crippen LogP contribution >= 0.6 is 11.6 Å². The van der Waals surface area contributed by atoms with Crippen LogP contribution in [0.1, 0.15) is 21.9 Å². The summed E-state index contributed by atoms with van der Waals surface area (Å²) in [6.45, 7) is 3.67. The quantitative estimate of drug-likeness (QED) is 0.788. The van der Waals surface area contributed by atoms with Crippen LogP contribution in [0.2, 0.25) is 5.02 Å². The first kappa shape index (κ1) is 14.5. The molecule has 0 aliphatic carbocycles. The van der Waals surface area contributed by atoms with Gasteiger partial charge in [0.2, 0.25) is 0 Å². The highest BCUT2D eigenvalue weighted by Crippen LogP contribution is 2.23. The monoisotopic (exact) mass is 318 g/mol. The molecule has 0 aliphatic heterocycles. The molecule has 0 spiro atoms. The smallest absolute Gasteiger partial charge is 0.274 e. The van der Waals surface area contributed by atoms with Crippen molar-refractivity contribution in [3.05, 3.63) is 58.3 Å². The molecular formula is C15H12ClFN4O. The molecule has 1 amide bonds. The third kappa shape index (κ3) is 2.65. The van der Waals surface area contributed by atoms with Gasteiger partial charge in [0.1, 0.15) is 11.5 Å². The second-order valence-electron chi connectivity index (χ2n) is 4.92. The number of fused-ring (bicyclic) bond motifs is 1. The van der Waals surface area contributed by atoms with Gasteiger partial charge in [-0.1, -0.05) is 11.6 Å². The minimum atomic E-state index is -0.481. The van der Waals surface area contributed by atoms with Crippen LogP contribution in [0, 0.1) is 19.7 Å². The summed E-state index contributed by atoms with van der Waals surface area (Å²) in [5, 5.41) is 7.09. The van der Waals surface area contributed by atoms with E-state index in [9.17, 15) is 9.18 Å². The van der Waals surface area contributed by atoms with Crippen LogP contribution in [0.4, 0.5) is 10.1 Å². The Labute approximate surface area is 130 Å². The molecule has 0 radical (unpaired) electrons. The number of benzene rings is 1. The highest BCUT2D eigenvalue weighted by molar-refractivity contribution is 6.33. The van der Waals surface area contributed by atoms with E-state index in [1.165, 1.54) is 12.1 Å². The van der Waals surface area contributed by atoms with Crippen molar-refractivity contribution in [2.45, 2.75) is 13.8 Å². The van der Waals surface area contributed by atoms with Crippen LogP contribution in [-0.4, -0.2) is 20.5 Å². The van der Waals surface area contributed by atoms with Crippen molar-refractivity contribution in [2.24, 2.45) is 0 Å². The van der Waals surface area contributed by atoms with Gasteiger partial charge in [-0.05, 0) is 38.1 Å². The lowest BCUT2D eigenvalue weighted by molar-refractivity contribution is 0.102. The average Bonchev–Trinajstić information content (AvgIpc) is 2.84. The van der Waals surface area contributed by atoms with Gasteiger partial charge in [0, 0.05) is 11.8 Å².